The zero-order valence-corrected chi connectivity index (χ0v) is 16.6. The van der Waals surface area contributed by atoms with Crippen LogP contribution in [0.25, 0.3) is 11.1 Å². The molecule has 5 heteroatoms. The molecule has 2 aromatic rings. The molecule has 2 heterocycles. The molecular formula is C20H28N4S. The van der Waals surface area contributed by atoms with E-state index in [1.54, 1.807) is 0 Å². The first kappa shape index (κ1) is 18.0. The third-order valence-electron chi connectivity index (χ3n) is 4.17. The maximum atomic E-state index is 4.18. The molecule has 25 heavy (non-hydrogen) atoms. The summed E-state index contributed by atoms with van der Waals surface area (Å²) < 4.78 is 0. The van der Waals surface area contributed by atoms with Crippen LogP contribution in [-0.2, 0) is 13.0 Å². The molecule has 0 saturated carbocycles. The van der Waals surface area contributed by atoms with Crippen molar-refractivity contribution in [3.63, 3.8) is 0 Å². The molecule has 1 aromatic carbocycles. The molecule has 1 aliphatic heterocycles. The van der Waals surface area contributed by atoms with Crippen molar-refractivity contribution in [2.45, 2.75) is 53.1 Å². The minimum Gasteiger partial charge on any atom is -0.269 e. The Morgan fingerprint density at radius 3 is 2.48 bits per heavy atom. The Kier molecular flexibility index (Phi) is 5.16. The van der Waals surface area contributed by atoms with Crippen LogP contribution in [0.3, 0.4) is 0 Å². The van der Waals surface area contributed by atoms with Crippen LogP contribution in [-0.4, -0.2) is 22.0 Å². The monoisotopic (exact) mass is 356 g/mol. The summed E-state index contributed by atoms with van der Waals surface area (Å²) >= 11 is 1.86. The summed E-state index contributed by atoms with van der Waals surface area (Å²) in [5, 5.41) is 10.6. The van der Waals surface area contributed by atoms with Crippen molar-refractivity contribution >= 4 is 17.7 Å². The zero-order chi connectivity index (χ0) is 18.0. The third-order valence-corrected chi connectivity index (χ3v) is 5.13. The molecule has 0 amide bonds. The Hall–Kier alpha value is -1.85. The smallest absolute Gasteiger partial charge is 0.129 e. The quantitative estimate of drug-likeness (QED) is 0.827. The number of nitrogens with one attached hydrogen (secondary N) is 1. The first-order valence-electron chi connectivity index (χ1n) is 8.85. The van der Waals surface area contributed by atoms with E-state index in [4.69, 9.17) is 0 Å². The van der Waals surface area contributed by atoms with Gasteiger partial charge in [0.05, 0.1) is 12.1 Å². The molecule has 0 spiro atoms. The Morgan fingerprint density at radius 1 is 1.12 bits per heavy atom. The lowest BCUT2D eigenvalue weighted by Gasteiger charge is -2.37. The van der Waals surface area contributed by atoms with Crippen LogP contribution in [0.15, 0.2) is 40.8 Å². The first-order valence-corrected chi connectivity index (χ1v) is 9.73. The molecule has 4 nitrogen and oxygen atoms in total. The summed E-state index contributed by atoms with van der Waals surface area (Å²) in [6.45, 7) is 11.8. The molecule has 0 unspecified atom stereocenters. The fraction of sp³-hybridized carbons (Fsp3) is 0.450. The molecule has 1 N–H and O–H groups in total. The Balaban J connectivity index is 1.67. The number of hydrogen-bond acceptors (Lipinski definition) is 5. The number of hydrazone groups is 1. The van der Waals surface area contributed by atoms with Gasteiger partial charge < -0.3 is 0 Å². The molecule has 0 atom stereocenters. The predicted octanol–water partition coefficient (Wildman–Crippen LogP) is 4.89. The van der Waals surface area contributed by atoms with Crippen LogP contribution in [0, 0.1) is 5.92 Å². The second kappa shape index (κ2) is 7.18. The van der Waals surface area contributed by atoms with Crippen LogP contribution in [0.4, 0.5) is 0 Å². The Labute approximate surface area is 155 Å². The highest BCUT2D eigenvalue weighted by molar-refractivity contribution is 7.10. The second-order valence-electron chi connectivity index (χ2n) is 8.01. The van der Waals surface area contributed by atoms with Gasteiger partial charge in [-0.3, -0.25) is 5.01 Å². The number of rotatable bonds is 5. The Bertz CT molecular complexity index is 725. The van der Waals surface area contributed by atoms with Gasteiger partial charge in [-0.15, -0.1) is 16.5 Å². The molecule has 0 radical (unpaired) electrons. The van der Waals surface area contributed by atoms with Crippen molar-refractivity contribution in [3.05, 3.63) is 46.2 Å². The van der Waals surface area contributed by atoms with E-state index in [1.807, 2.05) is 22.8 Å². The predicted molar refractivity (Wildman–Crippen MR) is 107 cm³/mol. The number of hydrogen-bond donors (Lipinski definition) is 1. The molecule has 0 fully saturated rings. The van der Waals surface area contributed by atoms with Crippen LogP contribution in [0.1, 0.15) is 45.1 Å². The molecule has 3 rings (SSSR count). The fourth-order valence-corrected chi connectivity index (χ4v) is 4.03. The average molecular weight is 357 g/mol. The highest BCUT2D eigenvalue weighted by Crippen LogP contribution is 2.28. The lowest BCUT2D eigenvalue weighted by atomic mass is 10.0. The normalized spacial score (nSPS) is 15.2. The third kappa shape index (κ3) is 4.41. The molecule has 1 aromatic heterocycles. The summed E-state index contributed by atoms with van der Waals surface area (Å²) in [5.41, 5.74) is 6.92. The van der Waals surface area contributed by atoms with E-state index >= 15 is 0 Å². The SMILES string of the molecule is CC(C)Cc1cc(-c2ccc(CN3NN=CN3C(C)(C)C)cc2)cs1. The topological polar surface area (TPSA) is 30.9 Å². The summed E-state index contributed by atoms with van der Waals surface area (Å²) in [5.74, 6) is 0.704. The summed E-state index contributed by atoms with van der Waals surface area (Å²) in [4.78, 5) is 1.47. The molecular weight excluding hydrogens is 328 g/mol. The van der Waals surface area contributed by atoms with Gasteiger partial charge in [0.15, 0.2) is 0 Å². The minimum atomic E-state index is -0.00354. The van der Waals surface area contributed by atoms with Crippen molar-refractivity contribution in [2.24, 2.45) is 11.0 Å². The van der Waals surface area contributed by atoms with Crippen molar-refractivity contribution in [2.75, 3.05) is 0 Å². The van der Waals surface area contributed by atoms with Crippen molar-refractivity contribution in [3.8, 4) is 11.1 Å². The van der Waals surface area contributed by atoms with E-state index in [9.17, 15) is 0 Å². The maximum Gasteiger partial charge on any atom is 0.129 e. The molecule has 0 aliphatic carbocycles. The van der Waals surface area contributed by atoms with Gasteiger partial charge in [0.2, 0.25) is 0 Å². The van der Waals surface area contributed by atoms with E-state index in [1.165, 1.54) is 21.6 Å². The van der Waals surface area contributed by atoms with Crippen LogP contribution < -0.4 is 5.53 Å². The van der Waals surface area contributed by atoms with Gasteiger partial charge in [0.1, 0.15) is 6.34 Å². The minimum absolute atomic E-state index is 0.00354. The number of thiophene rings is 1. The molecule has 0 saturated heterocycles. The van der Waals surface area contributed by atoms with E-state index in [2.05, 4.69) is 86.0 Å². The Morgan fingerprint density at radius 2 is 1.84 bits per heavy atom. The summed E-state index contributed by atoms with van der Waals surface area (Å²) in [7, 11) is 0. The summed E-state index contributed by atoms with van der Waals surface area (Å²) in [6, 6.07) is 11.2. The lowest BCUT2D eigenvalue weighted by molar-refractivity contribution is -0.0489. The van der Waals surface area contributed by atoms with Gasteiger partial charge in [0.25, 0.3) is 0 Å². The van der Waals surface area contributed by atoms with Crippen LogP contribution in [0.2, 0.25) is 0 Å². The van der Waals surface area contributed by atoms with Gasteiger partial charge in [-0.05, 0) is 61.2 Å². The van der Waals surface area contributed by atoms with Crippen molar-refractivity contribution in [1.82, 2.24) is 15.7 Å². The number of nitrogens with zero attached hydrogens (tertiary/aromatic N) is 3. The lowest BCUT2D eigenvalue weighted by Crippen LogP contribution is -2.51. The maximum absolute atomic E-state index is 4.18. The average Bonchev–Trinajstić information content (AvgIpc) is 3.16. The number of benzene rings is 1. The van der Waals surface area contributed by atoms with Crippen LogP contribution >= 0.6 is 11.3 Å². The second-order valence-corrected chi connectivity index (χ2v) is 9.01. The number of hydrazine groups is 2. The zero-order valence-electron chi connectivity index (χ0n) is 15.8. The highest BCUT2D eigenvalue weighted by Gasteiger charge is 2.28. The van der Waals surface area contributed by atoms with Gasteiger partial charge in [0, 0.05) is 4.88 Å². The van der Waals surface area contributed by atoms with Gasteiger partial charge in [-0.25, -0.2) is 5.53 Å². The first-order chi connectivity index (χ1) is 11.8. The van der Waals surface area contributed by atoms with Crippen molar-refractivity contribution < 1.29 is 0 Å². The van der Waals surface area contributed by atoms with E-state index < -0.39 is 0 Å². The summed E-state index contributed by atoms with van der Waals surface area (Å²) in [6.07, 6.45) is 3.00. The van der Waals surface area contributed by atoms with E-state index in [0.717, 1.165) is 13.0 Å². The molecule has 1 aliphatic rings. The highest BCUT2D eigenvalue weighted by atomic mass is 32.1. The van der Waals surface area contributed by atoms with Gasteiger partial charge in [-0.1, -0.05) is 38.1 Å². The fourth-order valence-electron chi connectivity index (χ4n) is 2.92. The molecule has 0 bridgehead atoms. The van der Waals surface area contributed by atoms with Crippen molar-refractivity contribution in [1.29, 1.82) is 0 Å². The largest absolute Gasteiger partial charge is 0.269 e. The van der Waals surface area contributed by atoms with Gasteiger partial charge >= 0.3 is 0 Å². The van der Waals surface area contributed by atoms with Gasteiger partial charge in [-0.2, -0.15) is 5.10 Å². The van der Waals surface area contributed by atoms with E-state index in [-0.39, 0.29) is 5.54 Å². The molecule has 134 valence electrons. The van der Waals surface area contributed by atoms with E-state index in [0.29, 0.717) is 5.92 Å². The van der Waals surface area contributed by atoms with Crippen LogP contribution in [0.5, 0.6) is 0 Å². The standard InChI is InChI=1S/C20H28N4S/c1-15(2)10-19-11-18(13-25-19)17-8-6-16(7-9-17)12-24-22-21-14-23(24)20(3,4)5/h6-9,11,13-15,22H,10,12H2,1-5H3.